The molecule has 1 unspecified atom stereocenters. The van der Waals surface area contributed by atoms with E-state index in [9.17, 15) is 5.11 Å². The maximum absolute atomic E-state index is 10.8. The van der Waals surface area contributed by atoms with E-state index in [4.69, 9.17) is 5.73 Å². The Balaban J connectivity index is 2.11. The molecule has 1 aromatic rings. The molecule has 3 N–H and O–H groups in total. The topological polar surface area (TPSA) is 64.1 Å². The summed E-state index contributed by atoms with van der Waals surface area (Å²) in [6.45, 7) is 2.96. The van der Waals surface area contributed by atoms with Gasteiger partial charge >= 0.3 is 0 Å². The Labute approximate surface area is 109 Å². The number of imidazole rings is 1. The van der Waals surface area contributed by atoms with Crippen LogP contribution in [0.2, 0.25) is 0 Å². The predicted octanol–water partition coefficient (Wildman–Crippen LogP) is 2.38. The first-order chi connectivity index (χ1) is 8.65. The van der Waals surface area contributed by atoms with Crippen LogP contribution in [0.25, 0.3) is 0 Å². The molecule has 1 aliphatic carbocycles. The number of aryl methyl sites for hydroxylation is 1. The number of hydrogen-bond acceptors (Lipinski definition) is 3. The number of aliphatic hydroxyl groups is 1. The second kappa shape index (κ2) is 5.85. The van der Waals surface area contributed by atoms with E-state index in [1.807, 2.05) is 10.8 Å². The van der Waals surface area contributed by atoms with Gasteiger partial charge in [-0.25, -0.2) is 4.98 Å². The predicted molar refractivity (Wildman–Crippen MR) is 72.1 cm³/mol. The zero-order valence-corrected chi connectivity index (χ0v) is 11.3. The van der Waals surface area contributed by atoms with Gasteiger partial charge in [-0.15, -0.1) is 0 Å². The standard InChI is InChI=1S/C14H25N3O/c1-2-17-10-12(16-11-17)13(15)14(18)8-6-4-3-5-7-9-14/h10-11,13,18H,2-9,15H2,1H3. The fourth-order valence-corrected chi connectivity index (χ4v) is 2.81. The van der Waals surface area contributed by atoms with Crippen LogP contribution in [0.15, 0.2) is 12.5 Å². The van der Waals surface area contributed by atoms with Gasteiger partial charge in [0.15, 0.2) is 0 Å². The van der Waals surface area contributed by atoms with Crippen LogP contribution in [0.1, 0.15) is 63.6 Å². The smallest absolute Gasteiger partial charge is 0.0950 e. The van der Waals surface area contributed by atoms with Gasteiger partial charge in [-0.05, 0) is 19.8 Å². The van der Waals surface area contributed by atoms with Crippen molar-refractivity contribution >= 4 is 0 Å². The monoisotopic (exact) mass is 251 g/mol. The molecule has 1 aromatic heterocycles. The lowest BCUT2D eigenvalue weighted by atomic mass is 9.81. The molecule has 1 saturated carbocycles. The van der Waals surface area contributed by atoms with Crippen molar-refractivity contribution in [2.24, 2.45) is 5.73 Å². The second-order valence-corrected chi connectivity index (χ2v) is 5.48. The zero-order chi connectivity index (χ0) is 13.0. The number of hydrogen-bond donors (Lipinski definition) is 2. The Kier molecular flexibility index (Phi) is 4.40. The summed E-state index contributed by atoms with van der Waals surface area (Å²) in [4.78, 5) is 4.34. The van der Waals surface area contributed by atoms with E-state index >= 15 is 0 Å². The molecule has 0 aliphatic heterocycles. The van der Waals surface area contributed by atoms with E-state index in [0.29, 0.717) is 0 Å². The van der Waals surface area contributed by atoms with Crippen molar-refractivity contribution in [3.63, 3.8) is 0 Å². The van der Waals surface area contributed by atoms with Crippen LogP contribution in [0.5, 0.6) is 0 Å². The van der Waals surface area contributed by atoms with Gasteiger partial charge in [0.05, 0.1) is 23.7 Å². The number of rotatable bonds is 3. The highest BCUT2D eigenvalue weighted by Crippen LogP contribution is 2.34. The Morgan fingerprint density at radius 3 is 2.50 bits per heavy atom. The Bertz CT molecular complexity index is 367. The maximum Gasteiger partial charge on any atom is 0.0950 e. The lowest BCUT2D eigenvalue weighted by Gasteiger charge is -2.34. The summed E-state index contributed by atoms with van der Waals surface area (Å²) in [5.41, 5.74) is 6.32. The fourth-order valence-electron chi connectivity index (χ4n) is 2.81. The molecule has 0 spiro atoms. The third-order valence-electron chi connectivity index (χ3n) is 4.14. The molecular weight excluding hydrogens is 226 g/mol. The highest BCUT2D eigenvalue weighted by Gasteiger charge is 2.36. The quantitative estimate of drug-likeness (QED) is 0.867. The third-order valence-corrected chi connectivity index (χ3v) is 4.14. The normalized spacial score (nSPS) is 22.2. The van der Waals surface area contributed by atoms with Gasteiger partial charge in [-0.3, -0.25) is 0 Å². The first-order valence-corrected chi connectivity index (χ1v) is 7.15. The van der Waals surface area contributed by atoms with Gasteiger partial charge in [0.25, 0.3) is 0 Å². The van der Waals surface area contributed by atoms with Gasteiger partial charge in [0.1, 0.15) is 0 Å². The van der Waals surface area contributed by atoms with E-state index in [1.165, 1.54) is 19.3 Å². The lowest BCUT2D eigenvalue weighted by molar-refractivity contribution is -0.0120. The summed E-state index contributed by atoms with van der Waals surface area (Å²) in [6, 6.07) is -0.358. The SMILES string of the molecule is CCn1cnc(C(N)C2(O)CCCCCCC2)c1. The molecule has 4 heteroatoms. The van der Waals surface area contributed by atoms with Crippen LogP contribution in [-0.4, -0.2) is 20.3 Å². The van der Waals surface area contributed by atoms with E-state index in [1.54, 1.807) is 6.33 Å². The maximum atomic E-state index is 10.8. The van der Waals surface area contributed by atoms with E-state index in [2.05, 4.69) is 11.9 Å². The summed E-state index contributed by atoms with van der Waals surface area (Å²) in [6.07, 6.45) is 11.2. The largest absolute Gasteiger partial charge is 0.388 e. The zero-order valence-electron chi connectivity index (χ0n) is 11.3. The van der Waals surface area contributed by atoms with Crippen LogP contribution in [-0.2, 0) is 6.54 Å². The molecule has 4 nitrogen and oxygen atoms in total. The average Bonchev–Trinajstić information content (AvgIpc) is 2.82. The molecule has 0 aromatic carbocycles. The van der Waals surface area contributed by atoms with E-state index in [-0.39, 0.29) is 6.04 Å². The molecule has 1 fully saturated rings. The minimum Gasteiger partial charge on any atom is -0.388 e. The van der Waals surface area contributed by atoms with Crippen molar-refractivity contribution < 1.29 is 5.11 Å². The van der Waals surface area contributed by atoms with Crippen molar-refractivity contribution in [2.75, 3.05) is 0 Å². The Morgan fingerprint density at radius 2 is 1.94 bits per heavy atom. The van der Waals surface area contributed by atoms with Gasteiger partial charge < -0.3 is 15.4 Å². The second-order valence-electron chi connectivity index (χ2n) is 5.48. The highest BCUT2D eigenvalue weighted by molar-refractivity contribution is 5.10. The molecule has 1 atom stereocenters. The Hall–Kier alpha value is -0.870. The molecule has 0 amide bonds. The van der Waals surface area contributed by atoms with Crippen molar-refractivity contribution in [1.82, 2.24) is 9.55 Å². The summed E-state index contributed by atoms with van der Waals surface area (Å²) in [5, 5.41) is 10.8. The molecule has 0 radical (unpaired) electrons. The molecule has 1 heterocycles. The van der Waals surface area contributed by atoms with Crippen LogP contribution >= 0.6 is 0 Å². The first-order valence-electron chi connectivity index (χ1n) is 7.15. The van der Waals surface area contributed by atoms with E-state index < -0.39 is 5.60 Å². The van der Waals surface area contributed by atoms with Crippen molar-refractivity contribution in [1.29, 1.82) is 0 Å². The first kappa shape index (κ1) is 13.6. The molecule has 0 saturated heterocycles. The average molecular weight is 251 g/mol. The van der Waals surface area contributed by atoms with Crippen molar-refractivity contribution in [2.45, 2.75) is 70.1 Å². The van der Waals surface area contributed by atoms with Gasteiger partial charge in [-0.1, -0.05) is 32.1 Å². The highest BCUT2D eigenvalue weighted by atomic mass is 16.3. The van der Waals surface area contributed by atoms with E-state index in [0.717, 1.165) is 37.9 Å². The van der Waals surface area contributed by atoms with Crippen molar-refractivity contribution in [3.05, 3.63) is 18.2 Å². The summed E-state index contributed by atoms with van der Waals surface area (Å²) in [7, 11) is 0. The molecular formula is C14H25N3O. The van der Waals surface area contributed by atoms with Gasteiger partial charge in [0.2, 0.25) is 0 Å². The molecule has 18 heavy (non-hydrogen) atoms. The fraction of sp³-hybridized carbons (Fsp3) is 0.786. The molecule has 1 aliphatic rings. The van der Waals surface area contributed by atoms with Gasteiger partial charge in [-0.2, -0.15) is 0 Å². The third kappa shape index (κ3) is 2.93. The Morgan fingerprint density at radius 1 is 1.33 bits per heavy atom. The molecule has 102 valence electrons. The summed E-state index contributed by atoms with van der Waals surface area (Å²) < 4.78 is 2.00. The van der Waals surface area contributed by atoms with Crippen LogP contribution < -0.4 is 5.73 Å². The number of nitrogens with two attached hydrogens (primary N) is 1. The minimum absolute atomic E-state index is 0.358. The lowest BCUT2D eigenvalue weighted by Crippen LogP contribution is -2.42. The summed E-state index contributed by atoms with van der Waals surface area (Å²) in [5.74, 6) is 0. The van der Waals surface area contributed by atoms with Gasteiger partial charge in [0, 0.05) is 12.7 Å². The number of nitrogens with zero attached hydrogens (tertiary/aromatic N) is 2. The number of aromatic nitrogens is 2. The molecule has 2 rings (SSSR count). The van der Waals surface area contributed by atoms with Crippen LogP contribution in [0.3, 0.4) is 0 Å². The molecule has 0 bridgehead atoms. The summed E-state index contributed by atoms with van der Waals surface area (Å²) >= 11 is 0. The van der Waals surface area contributed by atoms with Crippen molar-refractivity contribution in [3.8, 4) is 0 Å². The minimum atomic E-state index is -0.770. The van der Waals surface area contributed by atoms with Crippen LogP contribution in [0, 0.1) is 0 Å². The van der Waals surface area contributed by atoms with Crippen LogP contribution in [0.4, 0.5) is 0 Å².